The van der Waals surface area contributed by atoms with E-state index in [0.29, 0.717) is 18.1 Å². The highest BCUT2D eigenvalue weighted by molar-refractivity contribution is 6.30. The third-order valence-corrected chi connectivity index (χ3v) is 8.48. The zero-order chi connectivity index (χ0) is 24.6. The van der Waals surface area contributed by atoms with Gasteiger partial charge in [-0.2, -0.15) is 0 Å². The summed E-state index contributed by atoms with van der Waals surface area (Å²) in [4.78, 5) is 32.4. The topological polar surface area (TPSA) is 65.1 Å². The smallest absolute Gasteiger partial charge is 0.321 e. The standard InChI is InChI=1S/C28H33ClN4O3/c29-22-3-1-2-20(15-22)26-18-32(23-8-12-36-13-9-23)28(35)33(26)24-6-10-31(11-7-24)17-19-4-5-25-21(14-19)16-30-27(25)34/h1-5,14-15,23-24,26H,6-13,16-18H2,(H,30,34). The largest absolute Gasteiger partial charge is 0.381 e. The van der Waals surface area contributed by atoms with Crippen LogP contribution >= 0.6 is 11.6 Å². The highest BCUT2D eigenvalue weighted by atomic mass is 35.5. The van der Waals surface area contributed by atoms with E-state index in [-0.39, 0.29) is 30.1 Å². The second-order valence-electron chi connectivity index (χ2n) is 10.4. The Morgan fingerprint density at radius 3 is 2.56 bits per heavy atom. The Hall–Kier alpha value is -2.61. The normalized spacial score (nSPS) is 23.9. The maximum absolute atomic E-state index is 13.8. The molecule has 3 fully saturated rings. The van der Waals surface area contributed by atoms with Gasteiger partial charge in [-0.15, -0.1) is 0 Å². The van der Waals surface area contributed by atoms with Gasteiger partial charge in [0.25, 0.3) is 5.91 Å². The molecule has 4 aliphatic heterocycles. The lowest BCUT2D eigenvalue weighted by Crippen LogP contribution is -2.48. The molecule has 0 aromatic heterocycles. The van der Waals surface area contributed by atoms with E-state index in [9.17, 15) is 9.59 Å². The predicted molar refractivity (Wildman–Crippen MR) is 138 cm³/mol. The second kappa shape index (κ2) is 10.0. The molecule has 190 valence electrons. The number of rotatable bonds is 5. The zero-order valence-electron chi connectivity index (χ0n) is 20.5. The summed E-state index contributed by atoms with van der Waals surface area (Å²) in [5.41, 5.74) is 4.25. The molecule has 0 spiro atoms. The lowest BCUT2D eigenvalue weighted by atomic mass is 9.98. The van der Waals surface area contributed by atoms with Gasteiger partial charge in [0.05, 0.1) is 6.04 Å². The van der Waals surface area contributed by atoms with Gasteiger partial charge in [0, 0.05) is 68.6 Å². The number of nitrogens with one attached hydrogen (secondary N) is 1. The minimum atomic E-state index is 0.0247. The van der Waals surface area contributed by atoms with Crippen LogP contribution in [0.25, 0.3) is 0 Å². The molecule has 0 saturated carbocycles. The highest BCUT2D eigenvalue weighted by Gasteiger charge is 2.45. The molecular weight excluding hydrogens is 476 g/mol. The van der Waals surface area contributed by atoms with Crippen molar-refractivity contribution in [1.82, 2.24) is 20.0 Å². The molecule has 7 nitrogen and oxygen atoms in total. The Balaban J connectivity index is 1.16. The van der Waals surface area contributed by atoms with Gasteiger partial charge in [-0.3, -0.25) is 9.69 Å². The predicted octanol–water partition coefficient (Wildman–Crippen LogP) is 4.21. The maximum atomic E-state index is 13.8. The lowest BCUT2D eigenvalue weighted by molar-refractivity contribution is 0.0493. The molecular formula is C28H33ClN4O3. The van der Waals surface area contributed by atoms with Gasteiger partial charge in [0.1, 0.15) is 0 Å². The van der Waals surface area contributed by atoms with Crippen molar-refractivity contribution < 1.29 is 14.3 Å². The SMILES string of the molecule is O=C1NCc2cc(CN3CCC(N4C(=O)N(C5CCOCC5)CC4c4cccc(Cl)c4)CC3)ccc21. The molecule has 3 amide bonds. The Kier molecular flexibility index (Phi) is 6.63. The van der Waals surface area contributed by atoms with Crippen LogP contribution in [0.2, 0.25) is 5.02 Å². The molecule has 0 radical (unpaired) electrons. The van der Waals surface area contributed by atoms with Crippen molar-refractivity contribution >= 4 is 23.5 Å². The third-order valence-electron chi connectivity index (χ3n) is 8.25. The van der Waals surface area contributed by atoms with Crippen LogP contribution in [-0.4, -0.2) is 71.6 Å². The summed E-state index contributed by atoms with van der Waals surface area (Å²) in [6, 6.07) is 14.8. The summed E-state index contributed by atoms with van der Waals surface area (Å²) in [6.45, 7) is 5.54. The molecule has 0 aliphatic carbocycles. The Labute approximate surface area is 217 Å². The van der Waals surface area contributed by atoms with E-state index in [1.165, 1.54) is 5.56 Å². The average Bonchev–Trinajstić information content (AvgIpc) is 3.44. The molecule has 36 heavy (non-hydrogen) atoms. The number of amides is 3. The molecule has 4 aliphatic rings. The van der Waals surface area contributed by atoms with E-state index in [1.54, 1.807) is 0 Å². The molecule has 2 aromatic carbocycles. The molecule has 8 heteroatoms. The van der Waals surface area contributed by atoms with Crippen LogP contribution in [0.4, 0.5) is 4.79 Å². The number of hydrogen-bond donors (Lipinski definition) is 1. The lowest BCUT2D eigenvalue weighted by Gasteiger charge is -2.39. The van der Waals surface area contributed by atoms with Crippen molar-refractivity contribution in [3.8, 4) is 0 Å². The Bertz CT molecular complexity index is 1140. The molecule has 4 heterocycles. The summed E-state index contributed by atoms with van der Waals surface area (Å²) < 4.78 is 5.56. The number of hydrogen-bond acceptors (Lipinski definition) is 4. The number of nitrogens with zero attached hydrogens (tertiary/aromatic N) is 3. The first-order valence-corrected chi connectivity index (χ1v) is 13.5. The van der Waals surface area contributed by atoms with E-state index in [4.69, 9.17) is 16.3 Å². The molecule has 6 rings (SSSR count). The summed E-state index contributed by atoms with van der Waals surface area (Å²) in [5, 5.41) is 3.61. The first-order valence-electron chi connectivity index (χ1n) is 13.1. The van der Waals surface area contributed by atoms with Crippen LogP contribution in [0.15, 0.2) is 42.5 Å². The van der Waals surface area contributed by atoms with Crippen LogP contribution in [0.5, 0.6) is 0 Å². The summed E-state index contributed by atoms with van der Waals surface area (Å²) >= 11 is 6.35. The third kappa shape index (κ3) is 4.60. The number of fused-ring (bicyclic) bond motifs is 1. The number of carbonyl (C=O) groups is 2. The molecule has 1 N–H and O–H groups in total. The van der Waals surface area contributed by atoms with Crippen molar-refractivity contribution in [3.63, 3.8) is 0 Å². The van der Waals surface area contributed by atoms with Crippen molar-refractivity contribution in [3.05, 3.63) is 69.7 Å². The summed E-state index contributed by atoms with van der Waals surface area (Å²) in [6.07, 6.45) is 3.72. The van der Waals surface area contributed by atoms with Crippen LogP contribution < -0.4 is 5.32 Å². The van der Waals surface area contributed by atoms with E-state index in [1.807, 2.05) is 24.3 Å². The fraction of sp³-hybridized carbons (Fsp3) is 0.500. The quantitative estimate of drug-likeness (QED) is 0.657. The van der Waals surface area contributed by atoms with Gasteiger partial charge >= 0.3 is 6.03 Å². The molecule has 1 atom stereocenters. The fourth-order valence-corrected chi connectivity index (χ4v) is 6.52. The zero-order valence-corrected chi connectivity index (χ0v) is 21.3. The van der Waals surface area contributed by atoms with Gasteiger partial charge in [-0.05, 0) is 60.6 Å². The van der Waals surface area contributed by atoms with E-state index in [2.05, 4.69) is 38.2 Å². The monoisotopic (exact) mass is 508 g/mol. The summed E-state index contributed by atoms with van der Waals surface area (Å²) in [5.74, 6) is 0.0247. The minimum Gasteiger partial charge on any atom is -0.381 e. The first kappa shape index (κ1) is 23.8. The van der Waals surface area contributed by atoms with Crippen molar-refractivity contribution in [1.29, 1.82) is 0 Å². The fourth-order valence-electron chi connectivity index (χ4n) is 6.32. The van der Waals surface area contributed by atoms with Crippen LogP contribution in [0.3, 0.4) is 0 Å². The number of ether oxygens (including phenoxy) is 1. The number of urea groups is 1. The number of piperidine rings is 1. The van der Waals surface area contributed by atoms with E-state index >= 15 is 0 Å². The van der Waals surface area contributed by atoms with Crippen molar-refractivity contribution in [2.45, 2.75) is 56.9 Å². The van der Waals surface area contributed by atoms with Crippen molar-refractivity contribution in [2.24, 2.45) is 0 Å². The van der Waals surface area contributed by atoms with E-state index < -0.39 is 0 Å². The van der Waals surface area contributed by atoms with Crippen LogP contribution in [-0.2, 0) is 17.8 Å². The van der Waals surface area contributed by atoms with E-state index in [0.717, 1.165) is 75.2 Å². The number of likely N-dealkylation sites (tertiary alicyclic amines) is 1. The first-order chi connectivity index (χ1) is 17.6. The second-order valence-corrected chi connectivity index (χ2v) is 10.9. The van der Waals surface area contributed by atoms with Gasteiger partial charge in [-0.1, -0.05) is 35.9 Å². The van der Waals surface area contributed by atoms with Gasteiger partial charge < -0.3 is 19.9 Å². The van der Waals surface area contributed by atoms with Gasteiger partial charge in [0.15, 0.2) is 0 Å². The molecule has 0 bridgehead atoms. The number of halogens is 1. The molecule has 1 unspecified atom stereocenters. The van der Waals surface area contributed by atoms with Crippen LogP contribution in [0.1, 0.15) is 58.8 Å². The summed E-state index contributed by atoms with van der Waals surface area (Å²) in [7, 11) is 0. The van der Waals surface area contributed by atoms with Gasteiger partial charge in [-0.25, -0.2) is 4.79 Å². The Morgan fingerprint density at radius 1 is 0.972 bits per heavy atom. The molecule has 3 saturated heterocycles. The Morgan fingerprint density at radius 2 is 1.78 bits per heavy atom. The number of carbonyl (C=O) groups excluding carboxylic acids is 2. The van der Waals surface area contributed by atoms with Crippen LogP contribution in [0, 0.1) is 0 Å². The molecule has 2 aromatic rings. The van der Waals surface area contributed by atoms with Gasteiger partial charge in [0.2, 0.25) is 0 Å². The average molecular weight is 509 g/mol. The maximum Gasteiger partial charge on any atom is 0.321 e. The number of benzene rings is 2. The highest BCUT2D eigenvalue weighted by Crippen LogP contribution is 2.37. The minimum absolute atomic E-state index is 0.0247. The van der Waals surface area contributed by atoms with Crippen molar-refractivity contribution in [2.75, 3.05) is 32.8 Å².